The Bertz CT molecular complexity index is 738. The number of nitrogens with zero attached hydrogens (tertiary/aromatic N) is 2. The number of aromatic nitrogens is 1. The maximum atomic E-state index is 12.2. The molecule has 3 rings (SSSR count). The summed E-state index contributed by atoms with van der Waals surface area (Å²) in [5.74, 6) is 0.891. The second-order valence-corrected chi connectivity index (χ2v) is 8.74. The van der Waals surface area contributed by atoms with Crippen molar-refractivity contribution < 1.29 is 8.42 Å². The number of thiophene rings is 1. The van der Waals surface area contributed by atoms with Gasteiger partial charge in [0, 0.05) is 13.1 Å². The maximum Gasteiger partial charge on any atom is 0.271 e. The fraction of sp³-hybridized carbons (Fsp3) is 0.357. The molecular weight excluding hydrogens is 342 g/mol. The van der Waals surface area contributed by atoms with Gasteiger partial charge in [-0.25, -0.2) is 13.4 Å². The zero-order chi connectivity index (χ0) is 15.6. The molecule has 2 aromatic rings. The second-order valence-electron chi connectivity index (χ2n) is 5.12. The largest absolute Gasteiger partial charge is 0.357 e. The van der Waals surface area contributed by atoms with Crippen LogP contribution in [0.5, 0.6) is 0 Å². The van der Waals surface area contributed by atoms with E-state index >= 15 is 0 Å². The number of halogens is 1. The van der Waals surface area contributed by atoms with E-state index in [0.29, 0.717) is 10.0 Å². The predicted molar refractivity (Wildman–Crippen MR) is 90.4 cm³/mol. The molecule has 0 spiro atoms. The summed E-state index contributed by atoms with van der Waals surface area (Å²) in [6, 6.07) is 6.65. The van der Waals surface area contributed by atoms with Gasteiger partial charge in [-0.2, -0.15) is 0 Å². The van der Waals surface area contributed by atoms with Gasteiger partial charge in [0.15, 0.2) is 0 Å². The summed E-state index contributed by atoms with van der Waals surface area (Å²) in [5, 5.41) is 0. The highest BCUT2D eigenvalue weighted by atomic mass is 35.5. The standard InChI is InChI=1S/C14H16ClN3O2S2/c15-12-5-7-14(21-12)22(19,20)17-11-4-6-13(16-10-11)18-8-2-1-3-9-18/h4-7,10,17H,1-3,8-9H2. The molecule has 2 aromatic heterocycles. The van der Waals surface area contributed by atoms with Gasteiger partial charge in [0.25, 0.3) is 10.0 Å². The van der Waals surface area contributed by atoms with Gasteiger partial charge in [-0.15, -0.1) is 11.3 Å². The average Bonchev–Trinajstić information content (AvgIpc) is 2.96. The van der Waals surface area contributed by atoms with Crippen LogP contribution in [0.15, 0.2) is 34.7 Å². The van der Waals surface area contributed by atoms with Gasteiger partial charge >= 0.3 is 0 Å². The highest BCUT2D eigenvalue weighted by Crippen LogP contribution is 2.27. The number of pyridine rings is 1. The van der Waals surface area contributed by atoms with E-state index in [-0.39, 0.29) is 4.21 Å². The molecule has 0 radical (unpaired) electrons. The van der Waals surface area contributed by atoms with E-state index in [9.17, 15) is 8.42 Å². The lowest BCUT2D eigenvalue weighted by Crippen LogP contribution is -2.30. The Morgan fingerprint density at radius 3 is 2.50 bits per heavy atom. The van der Waals surface area contributed by atoms with Crippen molar-refractivity contribution in [1.29, 1.82) is 0 Å². The van der Waals surface area contributed by atoms with Gasteiger partial charge in [0.2, 0.25) is 0 Å². The van der Waals surface area contributed by atoms with E-state index in [0.717, 1.165) is 30.2 Å². The molecule has 5 nitrogen and oxygen atoms in total. The van der Waals surface area contributed by atoms with E-state index in [1.807, 2.05) is 6.07 Å². The molecule has 0 saturated carbocycles. The van der Waals surface area contributed by atoms with Crippen molar-refractivity contribution in [2.45, 2.75) is 23.5 Å². The first-order chi connectivity index (χ1) is 10.5. The van der Waals surface area contributed by atoms with E-state index in [1.54, 1.807) is 18.3 Å². The third-order valence-electron chi connectivity index (χ3n) is 3.49. The van der Waals surface area contributed by atoms with Crippen molar-refractivity contribution in [2.75, 3.05) is 22.7 Å². The quantitative estimate of drug-likeness (QED) is 0.908. The lowest BCUT2D eigenvalue weighted by Gasteiger charge is -2.27. The fourth-order valence-electron chi connectivity index (χ4n) is 2.40. The van der Waals surface area contributed by atoms with Crippen molar-refractivity contribution in [2.24, 2.45) is 0 Å². The molecule has 118 valence electrons. The van der Waals surface area contributed by atoms with Crippen LogP contribution in [0.25, 0.3) is 0 Å². The van der Waals surface area contributed by atoms with Crippen LogP contribution in [0.3, 0.4) is 0 Å². The molecule has 22 heavy (non-hydrogen) atoms. The highest BCUT2D eigenvalue weighted by molar-refractivity contribution is 7.94. The minimum atomic E-state index is -3.60. The number of nitrogens with one attached hydrogen (secondary N) is 1. The number of hydrogen-bond acceptors (Lipinski definition) is 5. The molecule has 1 aliphatic rings. The zero-order valence-electron chi connectivity index (χ0n) is 11.8. The average molecular weight is 358 g/mol. The second kappa shape index (κ2) is 6.44. The lowest BCUT2D eigenvalue weighted by molar-refractivity contribution is 0.573. The highest BCUT2D eigenvalue weighted by Gasteiger charge is 2.17. The van der Waals surface area contributed by atoms with Crippen LogP contribution in [0.1, 0.15) is 19.3 Å². The van der Waals surface area contributed by atoms with E-state index in [1.165, 1.54) is 25.3 Å². The summed E-state index contributed by atoms with van der Waals surface area (Å²) >= 11 is 6.81. The Hall–Kier alpha value is -1.31. The Morgan fingerprint density at radius 2 is 1.91 bits per heavy atom. The summed E-state index contributed by atoms with van der Waals surface area (Å²) in [5.41, 5.74) is 0.449. The number of anilines is 2. The van der Waals surface area contributed by atoms with Crippen molar-refractivity contribution in [3.8, 4) is 0 Å². The van der Waals surface area contributed by atoms with Gasteiger partial charge in [0.05, 0.1) is 16.2 Å². The van der Waals surface area contributed by atoms with Crippen molar-refractivity contribution >= 4 is 44.5 Å². The minimum Gasteiger partial charge on any atom is -0.357 e. The molecule has 0 amide bonds. The number of rotatable bonds is 4. The molecule has 0 atom stereocenters. The van der Waals surface area contributed by atoms with Crippen molar-refractivity contribution in [3.63, 3.8) is 0 Å². The molecule has 0 bridgehead atoms. The lowest BCUT2D eigenvalue weighted by atomic mass is 10.1. The SMILES string of the molecule is O=S(=O)(Nc1ccc(N2CCCCC2)nc1)c1ccc(Cl)s1. The minimum absolute atomic E-state index is 0.192. The molecule has 1 saturated heterocycles. The first-order valence-corrected chi connectivity index (χ1v) is 9.71. The Balaban J connectivity index is 1.73. The maximum absolute atomic E-state index is 12.2. The normalized spacial score (nSPS) is 15.8. The van der Waals surface area contributed by atoms with Crippen molar-refractivity contribution in [1.82, 2.24) is 4.98 Å². The first-order valence-electron chi connectivity index (χ1n) is 7.04. The Kier molecular flexibility index (Phi) is 4.56. The summed E-state index contributed by atoms with van der Waals surface area (Å²) in [7, 11) is -3.60. The van der Waals surface area contributed by atoms with E-state index < -0.39 is 10.0 Å². The molecule has 0 aromatic carbocycles. The third-order valence-corrected chi connectivity index (χ3v) is 6.60. The summed E-state index contributed by atoms with van der Waals surface area (Å²) < 4.78 is 27.6. The van der Waals surface area contributed by atoms with E-state index in [4.69, 9.17) is 11.6 Å². The van der Waals surface area contributed by atoms with Crippen LogP contribution in [0.2, 0.25) is 4.34 Å². The zero-order valence-corrected chi connectivity index (χ0v) is 14.2. The molecule has 0 unspecified atom stereocenters. The molecule has 1 fully saturated rings. The smallest absolute Gasteiger partial charge is 0.271 e. The van der Waals surface area contributed by atoms with Gasteiger partial charge in [-0.3, -0.25) is 4.72 Å². The summed E-state index contributed by atoms with van der Waals surface area (Å²) in [4.78, 5) is 6.58. The van der Waals surface area contributed by atoms with Gasteiger partial charge in [-0.1, -0.05) is 11.6 Å². The number of piperidine rings is 1. The molecule has 0 aliphatic carbocycles. The summed E-state index contributed by atoms with van der Waals surface area (Å²) in [6.45, 7) is 2.01. The topological polar surface area (TPSA) is 62.3 Å². The van der Waals surface area contributed by atoms with Gasteiger partial charge < -0.3 is 4.90 Å². The number of hydrogen-bond donors (Lipinski definition) is 1. The van der Waals surface area contributed by atoms with Crippen LogP contribution in [-0.2, 0) is 10.0 Å². The molecule has 1 aliphatic heterocycles. The predicted octanol–water partition coefficient (Wildman–Crippen LogP) is 3.59. The van der Waals surface area contributed by atoms with Crippen molar-refractivity contribution in [3.05, 3.63) is 34.8 Å². The third kappa shape index (κ3) is 3.53. The van der Waals surface area contributed by atoms with E-state index in [2.05, 4.69) is 14.6 Å². The van der Waals surface area contributed by atoms with Crippen LogP contribution < -0.4 is 9.62 Å². The van der Waals surface area contributed by atoms with Gasteiger partial charge in [-0.05, 0) is 43.5 Å². The monoisotopic (exact) mass is 357 g/mol. The molecule has 1 N–H and O–H groups in total. The fourth-order valence-corrected chi connectivity index (χ4v) is 4.93. The molecule has 3 heterocycles. The summed E-state index contributed by atoms with van der Waals surface area (Å²) in [6.07, 6.45) is 5.17. The van der Waals surface area contributed by atoms with Crippen LogP contribution in [0, 0.1) is 0 Å². The van der Waals surface area contributed by atoms with Crippen LogP contribution in [-0.4, -0.2) is 26.5 Å². The van der Waals surface area contributed by atoms with Crippen LogP contribution >= 0.6 is 22.9 Å². The van der Waals surface area contributed by atoms with Gasteiger partial charge in [0.1, 0.15) is 10.0 Å². The molecular formula is C14H16ClN3O2S2. The Morgan fingerprint density at radius 1 is 1.14 bits per heavy atom. The first kappa shape index (κ1) is 15.6. The number of sulfonamides is 1. The van der Waals surface area contributed by atoms with Crippen LogP contribution in [0.4, 0.5) is 11.5 Å². The Labute approximate surface area is 139 Å². The molecule has 8 heteroatoms.